The van der Waals surface area contributed by atoms with Crippen LogP contribution in [-0.4, -0.2) is 23.9 Å². The number of methoxy groups -OCH3 is 1. The summed E-state index contributed by atoms with van der Waals surface area (Å²) in [7, 11) is 1.60. The molecule has 0 unspecified atom stereocenters. The number of benzene rings is 2. The summed E-state index contributed by atoms with van der Waals surface area (Å²) in [5, 5.41) is 5.74. The van der Waals surface area contributed by atoms with E-state index in [-0.39, 0.29) is 24.8 Å². The Kier molecular flexibility index (Phi) is 6.77. The summed E-state index contributed by atoms with van der Waals surface area (Å²) in [6.07, 6.45) is 1.74. The van der Waals surface area contributed by atoms with Crippen LogP contribution in [0.1, 0.15) is 33.1 Å². The third-order valence-electron chi connectivity index (χ3n) is 5.34. The first-order valence-corrected chi connectivity index (χ1v) is 10.7. The number of hydrogen-bond acceptors (Lipinski definition) is 6. The second kappa shape index (κ2) is 10.1. The fourth-order valence-electron chi connectivity index (χ4n) is 3.44. The molecule has 4 rings (SSSR count). The molecule has 0 aliphatic rings. The Morgan fingerprint density at radius 1 is 1.03 bits per heavy atom. The molecular formula is C26H25N3O5. The van der Waals surface area contributed by atoms with E-state index < -0.39 is 0 Å². The predicted octanol–water partition coefficient (Wildman–Crippen LogP) is 4.67. The lowest BCUT2D eigenvalue weighted by Gasteiger charge is -2.05. The van der Waals surface area contributed by atoms with Crippen LogP contribution in [0.4, 0.5) is 5.69 Å². The molecule has 34 heavy (non-hydrogen) atoms. The first kappa shape index (κ1) is 22.8. The molecule has 2 aromatic heterocycles. The second-order valence-corrected chi connectivity index (χ2v) is 7.75. The molecule has 0 atom stereocenters. The van der Waals surface area contributed by atoms with Gasteiger partial charge in [0.2, 0.25) is 11.8 Å². The van der Waals surface area contributed by atoms with E-state index in [1.165, 1.54) is 6.26 Å². The van der Waals surface area contributed by atoms with Gasteiger partial charge < -0.3 is 24.2 Å². The molecule has 0 fully saturated rings. The number of rotatable bonds is 8. The number of nitrogens with zero attached hydrogens (tertiary/aromatic N) is 1. The van der Waals surface area contributed by atoms with E-state index in [0.29, 0.717) is 39.9 Å². The number of ether oxygens (including phenoxy) is 1. The van der Waals surface area contributed by atoms with E-state index in [1.54, 1.807) is 39.2 Å². The first-order valence-electron chi connectivity index (χ1n) is 10.7. The molecule has 174 valence electrons. The Balaban J connectivity index is 1.39. The van der Waals surface area contributed by atoms with Crippen molar-refractivity contribution in [2.75, 3.05) is 12.4 Å². The lowest BCUT2D eigenvalue weighted by atomic mass is 10.1. The predicted molar refractivity (Wildman–Crippen MR) is 127 cm³/mol. The minimum absolute atomic E-state index is 0.117. The van der Waals surface area contributed by atoms with E-state index in [2.05, 4.69) is 15.6 Å². The van der Waals surface area contributed by atoms with Crippen LogP contribution < -0.4 is 15.4 Å². The molecule has 2 heterocycles. The Labute approximate surface area is 197 Å². The van der Waals surface area contributed by atoms with Crippen molar-refractivity contribution < 1.29 is 23.2 Å². The largest absolute Gasteiger partial charge is 0.497 e. The highest BCUT2D eigenvalue weighted by atomic mass is 16.5. The zero-order valence-electron chi connectivity index (χ0n) is 19.2. The van der Waals surface area contributed by atoms with Gasteiger partial charge in [-0.3, -0.25) is 9.59 Å². The van der Waals surface area contributed by atoms with Crippen LogP contribution in [-0.2, 0) is 17.8 Å². The van der Waals surface area contributed by atoms with Gasteiger partial charge in [0.15, 0.2) is 0 Å². The van der Waals surface area contributed by atoms with Crippen LogP contribution in [0.15, 0.2) is 69.7 Å². The van der Waals surface area contributed by atoms with Crippen LogP contribution in [0.5, 0.6) is 5.75 Å². The van der Waals surface area contributed by atoms with Crippen molar-refractivity contribution >= 4 is 17.5 Å². The van der Waals surface area contributed by atoms with E-state index in [9.17, 15) is 9.59 Å². The number of amides is 2. The van der Waals surface area contributed by atoms with E-state index >= 15 is 0 Å². The molecule has 0 saturated carbocycles. The highest BCUT2D eigenvalue weighted by Gasteiger charge is 2.15. The van der Waals surface area contributed by atoms with Crippen LogP contribution in [0, 0.1) is 13.8 Å². The van der Waals surface area contributed by atoms with E-state index in [1.807, 2.05) is 36.4 Å². The number of nitrogens with one attached hydrogen (secondary N) is 2. The number of oxazole rings is 1. The molecule has 0 aliphatic heterocycles. The standard InChI is InChI=1S/C26H25N3O5/c1-16-22(11-12-33-16)25(31)28-20-6-4-5-19(14-20)26-29-23(17(2)34-26)15-27-24(30)13-18-7-9-21(32-3)10-8-18/h4-12,14H,13,15H2,1-3H3,(H,27,30)(H,28,31). The number of anilines is 1. The summed E-state index contributed by atoms with van der Waals surface area (Å²) in [5.41, 5.74) is 3.32. The molecular weight excluding hydrogens is 434 g/mol. The topological polar surface area (TPSA) is 107 Å². The van der Waals surface area contributed by atoms with Gasteiger partial charge in [-0.2, -0.15) is 0 Å². The number of carbonyl (C=O) groups is 2. The van der Waals surface area contributed by atoms with Crippen molar-refractivity contribution in [1.29, 1.82) is 0 Å². The maximum absolute atomic E-state index is 12.5. The van der Waals surface area contributed by atoms with Gasteiger partial charge >= 0.3 is 0 Å². The van der Waals surface area contributed by atoms with Crippen molar-refractivity contribution in [1.82, 2.24) is 10.3 Å². The highest BCUT2D eigenvalue weighted by Crippen LogP contribution is 2.25. The number of carbonyl (C=O) groups excluding carboxylic acids is 2. The summed E-state index contributed by atoms with van der Waals surface area (Å²) in [6.45, 7) is 3.79. The van der Waals surface area contributed by atoms with Gasteiger partial charge in [-0.15, -0.1) is 0 Å². The van der Waals surface area contributed by atoms with E-state index in [4.69, 9.17) is 13.6 Å². The van der Waals surface area contributed by atoms with Gasteiger partial charge in [0.05, 0.1) is 31.9 Å². The molecule has 8 heteroatoms. The summed E-state index contributed by atoms with van der Waals surface area (Å²) in [5.74, 6) is 1.95. The normalized spacial score (nSPS) is 10.7. The van der Waals surface area contributed by atoms with Crippen LogP contribution in [0.3, 0.4) is 0 Å². The Morgan fingerprint density at radius 3 is 2.53 bits per heavy atom. The molecule has 0 radical (unpaired) electrons. The van der Waals surface area contributed by atoms with Gasteiger partial charge in [0.25, 0.3) is 5.91 Å². The third-order valence-corrected chi connectivity index (χ3v) is 5.34. The molecule has 4 aromatic rings. The van der Waals surface area contributed by atoms with Gasteiger partial charge in [-0.25, -0.2) is 4.98 Å². The molecule has 2 N–H and O–H groups in total. The second-order valence-electron chi connectivity index (χ2n) is 7.75. The molecule has 8 nitrogen and oxygen atoms in total. The monoisotopic (exact) mass is 459 g/mol. The van der Waals surface area contributed by atoms with Gasteiger partial charge in [0.1, 0.15) is 23.0 Å². The lowest BCUT2D eigenvalue weighted by molar-refractivity contribution is -0.120. The van der Waals surface area contributed by atoms with Crippen molar-refractivity contribution in [3.05, 3.63) is 89.2 Å². The Bertz CT molecular complexity index is 1300. The summed E-state index contributed by atoms with van der Waals surface area (Å²) < 4.78 is 16.2. The zero-order chi connectivity index (χ0) is 24.1. The fourth-order valence-corrected chi connectivity index (χ4v) is 3.44. The smallest absolute Gasteiger partial charge is 0.259 e. The zero-order valence-corrected chi connectivity index (χ0v) is 19.2. The lowest BCUT2D eigenvalue weighted by Crippen LogP contribution is -2.25. The third kappa shape index (κ3) is 5.35. The van der Waals surface area contributed by atoms with E-state index in [0.717, 1.165) is 11.3 Å². The van der Waals surface area contributed by atoms with Crippen molar-refractivity contribution in [3.8, 4) is 17.2 Å². The Morgan fingerprint density at radius 2 is 1.82 bits per heavy atom. The van der Waals surface area contributed by atoms with Crippen LogP contribution in [0.25, 0.3) is 11.5 Å². The molecule has 0 spiro atoms. The molecule has 0 aliphatic carbocycles. The number of hydrogen-bond donors (Lipinski definition) is 2. The minimum Gasteiger partial charge on any atom is -0.497 e. The minimum atomic E-state index is -0.257. The molecule has 0 saturated heterocycles. The average molecular weight is 460 g/mol. The van der Waals surface area contributed by atoms with Crippen LogP contribution >= 0.6 is 0 Å². The summed E-state index contributed by atoms with van der Waals surface area (Å²) >= 11 is 0. The van der Waals surface area contributed by atoms with Crippen molar-refractivity contribution in [2.24, 2.45) is 0 Å². The highest BCUT2D eigenvalue weighted by molar-refractivity contribution is 6.05. The molecule has 0 bridgehead atoms. The number of aryl methyl sites for hydroxylation is 2. The maximum Gasteiger partial charge on any atom is 0.259 e. The van der Waals surface area contributed by atoms with Crippen LogP contribution in [0.2, 0.25) is 0 Å². The molecule has 2 aromatic carbocycles. The maximum atomic E-state index is 12.5. The number of furan rings is 1. The SMILES string of the molecule is COc1ccc(CC(=O)NCc2nc(-c3cccc(NC(=O)c4ccoc4C)c3)oc2C)cc1. The van der Waals surface area contributed by atoms with Crippen molar-refractivity contribution in [2.45, 2.75) is 26.8 Å². The van der Waals surface area contributed by atoms with Gasteiger partial charge in [-0.05, 0) is 55.8 Å². The fraction of sp³-hybridized carbons (Fsp3) is 0.192. The Hall–Kier alpha value is -4.33. The molecule has 2 amide bonds. The average Bonchev–Trinajstić information content (AvgIpc) is 3.43. The van der Waals surface area contributed by atoms with Gasteiger partial charge in [-0.1, -0.05) is 18.2 Å². The first-order chi connectivity index (χ1) is 16.4. The number of aromatic nitrogens is 1. The summed E-state index contributed by atoms with van der Waals surface area (Å²) in [4.78, 5) is 29.3. The van der Waals surface area contributed by atoms with Gasteiger partial charge in [0, 0.05) is 11.3 Å². The summed E-state index contributed by atoms with van der Waals surface area (Å²) in [6, 6.07) is 16.2. The van der Waals surface area contributed by atoms with Crippen molar-refractivity contribution in [3.63, 3.8) is 0 Å². The quantitative estimate of drug-likeness (QED) is 0.397.